The Kier molecular flexibility index (Phi) is 4.76. The van der Waals surface area contributed by atoms with Crippen LogP contribution in [0.5, 0.6) is 0 Å². The number of hydrogen-bond donors (Lipinski definition) is 1. The van der Waals surface area contributed by atoms with Crippen LogP contribution in [0.3, 0.4) is 0 Å². The minimum Gasteiger partial charge on any atom is -0.324 e. The highest BCUT2D eigenvalue weighted by molar-refractivity contribution is 5.20. The van der Waals surface area contributed by atoms with Crippen LogP contribution in [0.1, 0.15) is 44.7 Å². The van der Waals surface area contributed by atoms with E-state index in [-0.39, 0.29) is 11.9 Å². The first-order valence-corrected chi connectivity index (χ1v) is 5.61. The molecule has 0 aliphatic heterocycles. The molecule has 1 aromatic carbocycles. The second-order valence-corrected chi connectivity index (χ2v) is 4.45. The zero-order valence-electron chi connectivity index (χ0n) is 9.54. The Morgan fingerprint density at radius 1 is 1.20 bits per heavy atom. The molecule has 0 spiro atoms. The summed E-state index contributed by atoms with van der Waals surface area (Å²) in [5.74, 6) is 0.507. The van der Waals surface area contributed by atoms with Gasteiger partial charge in [-0.25, -0.2) is 4.39 Å². The van der Waals surface area contributed by atoms with Crippen molar-refractivity contribution in [3.05, 3.63) is 35.6 Å². The summed E-state index contributed by atoms with van der Waals surface area (Å²) in [4.78, 5) is 0. The predicted molar refractivity (Wildman–Crippen MR) is 62.0 cm³/mol. The lowest BCUT2D eigenvalue weighted by molar-refractivity contribution is 0.493. The van der Waals surface area contributed by atoms with E-state index < -0.39 is 0 Å². The van der Waals surface area contributed by atoms with Crippen LogP contribution < -0.4 is 5.73 Å². The van der Waals surface area contributed by atoms with Gasteiger partial charge >= 0.3 is 0 Å². The maximum Gasteiger partial charge on any atom is 0.127 e. The molecule has 84 valence electrons. The lowest BCUT2D eigenvalue weighted by Gasteiger charge is -2.13. The van der Waals surface area contributed by atoms with Crippen LogP contribution >= 0.6 is 0 Å². The Balaban J connectivity index is 2.47. The van der Waals surface area contributed by atoms with E-state index in [1.807, 2.05) is 6.07 Å². The zero-order valence-corrected chi connectivity index (χ0v) is 9.54. The van der Waals surface area contributed by atoms with Crippen molar-refractivity contribution in [3.8, 4) is 0 Å². The molecule has 1 unspecified atom stereocenters. The van der Waals surface area contributed by atoms with E-state index in [1.165, 1.54) is 6.07 Å². The van der Waals surface area contributed by atoms with Crippen molar-refractivity contribution in [2.75, 3.05) is 0 Å². The van der Waals surface area contributed by atoms with Gasteiger partial charge in [0.15, 0.2) is 0 Å². The van der Waals surface area contributed by atoms with Crippen LogP contribution in [0, 0.1) is 11.7 Å². The first kappa shape index (κ1) is 12.2. The minimum absolute atomic E-state index is 0.162. The summed E-state index contributed by atoms with van der Waals surface area (Å²) < 4.78 is 13.3. The predicted octanol–water partition coefficient (Wildman–Crippen LogP) is 3.65. The summed E-state index contributed by atoms with van der Waals surface area (Å²) in [7, 11) is 0. The van der Waals surface area contributed by atoms with E-state index in [9.17, 15) is 4.39 Å². The molecule has 0 amide bonds. The van der Waals surface area contributed by atoms with Crippen molar-refractivity contribution in [2.45, 2.75) is 39.2 Å². The normalized spacial score (nSPS) is 13.1. The van der Waals surface area contributed by atoms with Crippen molar-refractivity contribution >= 4 is 0 Å². The van der Waals surface area contributed by atoms with E-state index in [0.29, 0.717) is 11.5 Å². The van der Waals surface area contributed by atoms with Crippen LogP contribution in [-0.2, 0) is 0 Å². The third-order valence-corrected chi connectivity index (χ3v) is 2.60. The Bertz CT molecular complexity index is 296. The molecule has 2 heteroatoms. The molecule has 2 N–H and O–H groups in total. The van der Waals surface area contributed by atoms with Gasteiger partial charge in [0.2, 0.25) is 0 Å². The van der Waals surface area contributed by atoms with Crippen LogP contribution in [0.25, 0.3) is 0 Å². The summed E-state index contributed by atoms with van der Waals surface area (Å²) >= 11 is 0. The molecule has 0 bridgehead atoms. The van der Waals surface area contributed by atoms with Gasteiger partial charge in [-0.05, 0) is 18.4 Å². The first-order valence-electron chi connectivity index (χ1n) is 5.61. The molecular weight excluding hydrogens is 189 g/mol. The highest BCUT2D eigenvalue weighted by Gasteiger charge is 2.10. The Hall–Kier alpha value is -0.890. The van der Waals surface area contributed by atoms with Gasteiger partial charge in [-0.2, -0.15) is 0 Å². The van der Waals surface area contributed by atoms with E-state index >= 15 is 0 Å². The second kappa shape index (κ2) is 5.86. The Morgan fingerprint density at radius 2 is 1.87 bits per heavy atom. The van der Waals surface area contributed by atoms with Gasteiger partial charge in [-0.3, -0.25) is 0 Å². The molecule has 0 heterocycles. The van der Waals surface area contributed by atoms with Crippen LogP contribution in [0.4, 0.5) is 4.39 Å². The van der Waals surface area contributed by atoms with Gasteiger partial charge in [0, 0.05) is 11.6 Å². The summed E-state index contributed by atoms with van der Waals surface area (Å²) in [5, 5.41) is 0. The van der Waals surface area contributed by atoms with Gasteiger partial charge in [0.25, 0.3) is 0 Å². The van der Waals surface area contributed by atoms with Gasteiger partial charge in [0.05, 0.1) is 0 Å². The Morgan fingerprint density at radius 3 is 2.47 bits per heavy atom. The molecule has 1 nitrogen and oxygen atoms in total. The first-order chi connectivity index (χ1) is 7.11. The fourth-order valence-electron chi connectivity index (χ4n) is 1.68. The van der Waals surface area contributed by atoms with Gasteiger partial charge in [-0.15, -0.1) is 0 Å². The fourth-order valence-corrected chi connectivity index (χ4v) is 1.68. The monoisotopic (exact) mass is 209 g/mol. The maximum absolute atomic E-state index is 13.3. The minimum atomic E-state index is -0.186. The van der Waals surface area contributed by atoms with E-state index in [4.69, 9.17) is 5.73 Å². The molecule has 1 atom stereocenters. The van der Waals surface area contributed by atoms with Crippen molar-refractivity contribution in [2.24, 2.45) is 11.7 Å². The maximum atomic E-state index is 13.3. The summed E-state index contributed by atoms with van der Waals surface area (Å²) in [6, 6.07) is 6.61. The molecule has 15 heavy (non-hydrogen) atoms. The van der Waals surface area contributed by atoms with E-state index in [1.54, 1.807) is 12.1 Å². The Labute approximate surface area is 91.5 Å². The van der Waals surface area contributed by atoms with Gasteiger partial charge < -0.3 is 5.73 Å². The number of halogens is 1. The number of rotatable bonds is 5. The van der Waals surface area contributed by atoms with E-state index in [2.05, 4.69) is 13.8 Å². The molecule has 0 saturated heterocycles. The average molecular weight is 209 g/mol. The molecule has 0 aliphatic carbocycles. The molecule has 0 radical (unpaired) electrons. The second-order valence-electron chi connectivity index (χ2n) is 4.45. The summed E-state index contributed by atoms with van der Waals surface area (Å²) in [6.07, 6.45) is 3.08. The topological polar surface area (TPSA) is 26.0 Å². The van der Waals surface area contributed by atoms with Crippen molar-refractivity contribution in [1.82, 2.24) is 0 Å². The molecule has 1 aromatic rings. The van der Waals surface area contributed by atoms with Crippen molar-refractivity contribution in [3.63, 3.8) is 0 Å². The van der Waals surface area contributed by atoms with Crippen LogP contribution in [0.15, 0.2) is 24.3 Å². The fraction of sp³-hybridized carbons (Fsp3) is 0.538. The summed E-state index contributed by atoms with van der Waals surface area (Å²) in [5.41, 5.74) is 6.58. The zero-order chi connectivity index (χ0) is 11.3. The smallest absolute Gasteiger partial charge is 0.127 e. The molecule has 0 aromatic heterocycles. The van der Waals surface area contributed by atoms with Crippen LogP contribution in [-0.4, -0.2) is 0 Å². The molecular formula is C13H20FN. The highest BCUT2D eigenvalue weighted by Crippen LogP contribution is 2.20. The average Bonchev–Trinajstić information content (AvgIpc) is 2.17. The lowest BCUT2D eigenvalue weighted by atomic mass is 9.98. The lowest BCUT2D eigenvalue weighted by Crippen LogP contribution is -2.12. The SMILES string of the molecule is CC(C)CCCC(N)c1ccccc1F. The quantitative estimate of drug-likeness (QED) is 0.787. The van der Waals surface area contributed by atoms with Gasteiger partial charge in [0.1, 0.15) is 5.82 Å². The third-order valence-electron chi connectivity index (χ3n) is 2.60. The molecule has 0 aliphatic rings. The van der Waals surface area contributed by atoms with Crippen LogP contribution in [0.2, 0.25) is 0 Å². The summed E-state index contributed by atoms with van der Waals surface area (Å²) in [6.45, 7) is 4.38. The van der Waals surface area contributed by atoms with Crippen molar-refractivity contribution in [1.29, 1.82) is 0 Å². The number of benzene rings is 1. The van der Waals surface area contributed by atoms with E-state index in [0.717, 1.165) is 19.3 Å². The highest BCUT2D eigenvalue weighted by atomic mass is 19.1. The number of hydrogen-bond acceptors (Lipinski definition) is 1. The molecule has 0 saturated carbocycles. The largest absolute Gasteiger partial charge is 0.324 e. The molecule has 0 fully saturated rings. The van der Waals surface area contributed by atoms with Gasteiger partial charge in [-0.1, -0.05) is 44.9 Å². The standard InChI is InChI=1S/C13H20FN/c1-10(2)6-5-9-13(15)11-7-3-4-8-12(11)14/h3-4,7-8,10,13H,5-6,9,15H2,1-2H3. The molecule has 1 rings (SSSR count). The number of nitrogens with two attached hydrogens (primary N) is 1. The third kappa shape index (κ3) is 4.00. The van der Waals surface area contributed by atoms with Crippen molar-refractivity contribution < 1.29 is 4.39 Å².